The minimum Gasteiger partial charge on any atom is -0.351 e. The Morgan fingerprint density at radius 1 is 0.931 bits per heavy atom. The van der Waals surface area contributed by atoms with Gasteiger partial charge in [0.25, 0.3) is 0 Å². The van der Waals surface area contributed by atoms with Crippen molar-refractivity contribution < 1.29 is 13.2 Å². The molecule has 2 aromatic carbocycles. The monoisotopic (exact) mass is 429 g/mol. The molecular weight excluding hydrogens is 410 g/mol. The molecule has 0 saturated heterocycles. The van der Waals surface area contributed by atoms with Crippen molar-refractivity contribution in [1.82, 2.24) is 15.0 Å². The molecule has 0 spiro atoms. The summed E-state index contributed by atoms with van der Waals surface area (Å²) >= 11 is 5.84. The number of pyridine rings is 1. The molecule has 3 rings (SSSR count). The van der Waals surface area contributed by atoms with E-state index in [9.17, 15) is 13.2 Å². The molecule has 6 nitrogen and oxygen atoms in total. The first kappa shape index (κ1) is 21.0. The highest BCUT2D eigenvalue weighted by Crippen LogP contribution is 2.15. The Labute approximate surface area is 175 Å². The first-order valence-corrected chi connectivity index (χ1v) is 10.8. The average molecular weight is 430 g/mol. The molecule has 1 aromatic heterocycles. The molecule has 0 radical (unpaired) electrons. The van der Waals surface area contributed by atoms with E-state index in [-0.39, 0.29) is 17.9 Å². The second kappa shape index (κ2) is 9.65. The Hall–Kier alpha value is -2.74. The van der Waals surface area contributed by atoms with Gasteiger partial charge in [-0.15, -0.1) is 0 Å². The zero-order chi connectivity index (χ0) is 20.7. The summed E-state index contributed by atoms with van der Waals surface area (Å²) < 4.78 is 28.1. The van der Waals surface area contributed by atoms with Gasteiger partial charge in [0, 0.05) is 24.0 Å². The van der Waals surface area contributed by atoms with E-state index in [1.165, 1.54) is 24.3 Å². The smallest absolute Gasteiger partial charge is 0.241 e. The van der Waals surface area contributed by atoms with E-state index >= 15 is 0 Å². The molecule has 1 heterocycles. The number of carbonyl (C=O) groups excluding carboxylic acids is 1. The third-order valence-electron chi connectivity index (χ3n) is 4.24. The van der Waals surface area contributed by atoms with E-state index in [1.54, 1.807) is 24.5 Å². The Morgan fingerprint density at radius 3 is 2.24 bits per heavy atom. The highest BCUT2D eigenvalue weighted by atomic mass is 35.5. The summed E-state index contributed by atoms with van der Waals surface area (Å²) in [4.78, 5) is 16.8. The Kier molecular flexibility index (Phi) is 6.98. The van der Waals surface area contributed by atoms with Crippen molar-refractivity contribution in [2.45, 2.75) is 23.9 Å². The summed E-state index contributed by atoms with van der Waals surface area (Å²) in [5.74, 6) is -0.414. The number of aromatic nitrogens is 1. The molecule has 0 saturated carbocycles. The molecule has 8 heteroatoms. The number of halogens is 1. The minimum atomic E-state index is -3.90. The lowest BCUT2D eigenvalue weighted by atomic mass is 10.1. The van der Waals surface area contributed by atoms with Crippen LogP contribution in [0.15, 0.2) is 84.0 Å². The molecule has 1 unspecified atom stereocenters. The van der Waals surface area contributed by atoms with Crippen LogP contribution in [0.1, 0.15) is 11.1 Å². The number of hydrogen-bond donors (Lipinski definition) is 2. The number of benzene rings is 2. The highest BCUT2D eigenvalue weighted by Gasteiger charge is 2.26. The van der Waals surface area contributed by atoms with Crippen molar-refractivity contribution in [2.24, 2.45) is 0 Å². The summed E-state index contributed by atoms with van der Waals surface area (Å²) in [6.45, 7) is 0.273. The molecule has 1 amide bonds. The number of amides is 1. The summed E-state index contributed by atoms with van der Waals surface area (Å²) in [6.07, 6.45) is 3.48. The van der Waals surface area contributed by atoms with Crippen molar-refractivity contribution in [3.05, 3.63) is 95.3 Å². The van der Waals surface area contributed by atoms with Gasteiger partial charge >= 0.3 is 0 Å². The van der Waals surface area contributed by atoms with Crippen molar-refractivity contribution >= 4 is 27.5 Å². The van der Waals surface area contributed by atoms with Crippen LogP contribution in [0, 0.1) is 0 Å². The fourth-order valence-corrected chi connectivity index (χ4v) is 4.04. The fourth-order valence-electron chi connectivity index (χ4n) is 2.72. The number of rotatable bonds is 8. The molecule has 150 valence electrons. The van der Waals surface area contributed by atoms with Gasteiger partial charge in [0.1, 0.15) is 6.04 Å². The SMILES string of the molecule is O=C(NCc1ccncc1)C(Cc1ccccc1)NS(=O)(=O)c1ccc(Cl)cc1. The van der Waals surface area contributed by atoms with E-state index < -0.39 is 22.0 Å². The zero-order valence-electron chi connectivity index (χ0n) is 15.5. The summed E-state index contributed by atoms with van der Waals surface area (Å²) in [5, 5.41) is 3.22. The van der Waals surface area contributed by atoms with Crippen LogP contribution in [-0.2, 0) is 27.8 Å². The first-order valence-electron chi connectivity index (χ1n) is 8.92. The van der Waals surface area contributed by atoms with E-state index in [0.29, 0.717) is 5.02 Å². The van der Waals surface area contributed by atoms with Gasteiger partial charge in [0.05, 0.1) is 4.90 Å². The number of hydrogen-bond acceptors (Lipinski definition) is 4. The molecule has 3 aromatic rings. The minimum absolute atomic E-state index is 0.0434. The first-order chi connectivity index (χ1) is 13.9. The van der Waals surface area contributed by atoms with Crippen LogP contribution in [0.3, 0.4) is 0 Å². The van der Waals surface area contributed by atoms with E-state index in [2.05, 4.69) is 15.0 Å². The third-order valence-corrected chi connectivity index (χ3v) is 5.98. The van der Waals surface area contributed by atoms with Crippen LogP contribution in [0.4, 0.5) is 0 Å². The van der Waals surface area contributed by atoms with Gasteiger partial charge in [-0.1, -0.05) is 41.9 Å². The summed E-state index contributed by atoms with van der Waals surface area (Å²) in [7, 11) is -3.90. The van der Waals surface area contributed by atoms with E-state index in [4.69, 9.17) is 11.6 Å². The second-order valence-electron chi connectivity index (χ2n) is 6.39. The zero-order valence-corrected chi connectivity index (χ0v) is 17.0. The normalized spacial score (nSPS) is 12.3. The van der Waals surface area contributed by atoms with Crippen molar-refractivity contribution in [3.8, 4) is 0 Å². The van der Waals surface area contributed by atoms with Crippen molar-refractivity contribution in [1.29, 1.82) is 0 Å². The third kappa shape index (κ3) is 6.12. The summed E-state index contributed by atoms with van der Waals surface area (Å²) in [5.41, 5.74) is 1.71. The molecule has 0 aliphatic rings. The molecule has 0 bridgehead atoms. The largest absolute Gasteiger partial charge is 0.351 e. The van der Waals surface area contributed by atoms with Crippen molar-refractivity contribution in [3.63, 3.8) is 0 Å². The van der Waals surface area contributed by atoms with Gasteiger partial charge in [-0.05, 0) is 53.9 Å². The van der Waals surface area contributed by atoms with Crippen LogP contribution >= 0.6 is 11.6 Å². The maximum atomic E-state index is 12.8. The van der Waals surface area contributed by atoms with Gasteiger partial charge in [-0.2, -0.15) is 4.72 Å². The summed E-state index contributed by atoms with van der Waals surface area (Å²) in [6, 6.07) is 17.6. The van der Waals surface area contributed by atoms with Gasteiger partial charge in [0.2, 0.25) is 15.9 Å². The van der Waals surface area contributed by atoms with Crippen LogP contribution in [-0.4, -0.2) is 25.4 Å². The van der Waals surface area contributed by atoms with Crippen LogP contribution in [0.2, 0.25) is 5.02 Å². The Balaban J connectivity index is 1.78. The molecule has 0 fully saturated rings. The van der Waals surface area contributed by atoms with Crippen LogP contribution < -0.4 is 10.0 Å². The lowest BCUT2D eigenvalue weighted by Gasteiger charge is -2.19. The molecule has 29 heavy (non-hydrogen) atoms. The van der Waals surface area contributed by atoms with E-state index in [0.717, 1.165) is 11.1 Å². The van der Waals surface area contributed by atoms with Crippen LogP contribution in [0.25, 0.3) is 0 Å². The van der Waals surface area contributed by atoms with Gasteiger partial charge in [-0.3, -0.25) is 9.78 Å². The molecule has 2 N–H and O–H groups in total. The molecule has 0 aliphatic heterocycles. The predicted molar refractivity (Wildman–Crippen MR) is 112 cm³/mol. The predicted octanol–water partition coefficient (Wildman–Crippen LogP) is 2.94. The average Bonchev–Trinajstić information content (AvgIpc) is 2.73. The van der Waals surface area contributed by atoms with E-state index in [1.807, 2.05) is 30.3 Å². The number of carbonyl (C=O) groups is 1. The quantitative estimate of drug-likeness (QED) is 0.576. The second-order valence-corrected chi connectivity index (χ2v) is 8.54. The van der Waals surface area contributed by atoms with Crippen molar-refractivity contribution in [2.75, 3.05) is 0 Å². The number of sulfonamides is 1. The lowest BCUT2D eigenvalue weighted by molar-refractivity contribution is -0.122. The van der Waals surface area contributed by atoms with Gasteiger partial charge < -0.3 is 5.32 Å². The highest BCUT2D eigenvalue weighted by molar-refractivity contribution is 7.89. The maximum absolute atomic E-state index is 12.8. The Bertz CT molecular complexity index is 1040. The van der Waals surface area contributed by atoms with Crippen LogP contribution in [0.5, 0.6) is 0 Å². The van der Waals surface area contributed by atoms with Gasteiger partial charge in [-0.25, -0.2) is 8.42 Å². The topological polar surface area (TPSA) is 88.2 Å². The fraction of sp³-hybridized carbons (Fsp3) is 0.143. The Morgan fingerprint density at radius 2 is 1.59 bits per heavy atom. The molecule has 0 aliphatic carbocycles. The maximum Gasteiger partial charge on any atom is 0.241 e. The number of nitrogens with one attached hydrogen (secondary N) is 2. The standard InChI is InChI=1S/C21H20ClN3O3S/c22-18-6-8-19(9-7-18)29(27,28)25-20(14-16-4-2-1-3-5-16)21(26)24-15-17-10-12-23-13-11-17/h1-13,20,25H,14-15H2,(H,24,26). The lowest BCUT2D eigenvalue weighted by Crippen LogP contribution is -2.47. The molecular formula is C21H20ClN3O3S. The number of nitrogens with zero attached hydrogens (tertiary/aromatic N) is 1. The molecule has 1 atom stereocenters. The van der Waals surface area contributed by atoms with Gasteiger partial charge in [0.15, 0.2) is 0 Å².